The molecule has 2 aromatic heterocycles. The molecule has 0 unspecified atom stereocenters. The number of nitrogens with zero attached hydrogens (tertiary/aromatic N) is 4. The maximum atomic E-state index is 4.47. The van der Waals surface area contributed by atoms with E-state index in [4.69, 9.17) is 0 Å². The summed E-state index contributed by atoms with van der Waals surface area (Å²) in [5.41, 5.74) is 0. The zero-order valence-electron chi connectivity index (χ0n) is 10.7. The van der Waals surface area contributed by atoms with Gasteiger partial charge in [0, 0.05) is 19.2 Å². The summed E-state index contributed by atoms with van der Waals surface area (Å²) in [4.78, 5) is 13.1. The van der Waals surface area contributed by atoms with Gasteiger partial charge in [0.15, 0.2) is 4.34 Å². The fourth-order valence-corrected chi connectivity index (χ4v) is 3.28. The number of hydrogen-bond acceptors (Lipinski definition) is 7. The number of aryl methyl sites for hydroxylation is 1. The van der Waals surface area contributed by atoms with Crippen LogP contribution in [0.1, 0.15) is 26.1 Å². The van der Waals surface area contributed by atoms with Gasteiger partial charge in [-0.2, -0.15) is 4.37 Å². The molecule has 2 aromatic rings. The number of halogens is 1. The first-order valence-corrected chi connectivity index (χ1v) is 8.38. The zero-order chi connectivity index (χ0) is 13.7. The molecule has 102 valence electrons. The minimum absolute atomic E-state index is 0.646. The molecular formula is C11H14BrN5S2. The molecule has 0 saturated heterocycles. The molecule has 0 fully saturated rings. The van der Waals surface area contributed by atoms with Gasteiger partial charge >= 0.3 is 0 Å². The normalized spacial score (nSPS) is 10.7. The van der Waals surface area contributed by atoms with Crippen molar-refractivity contribution in [3.05, 3.63) is 16.5 Å². The van der Waals surface area contributed by atoms with Gasteiger partial charge in [-0.15, -0.1) is 0 Å². The van der Waals surface area contributed by atoms with E-state index >= 15 is 0 Å². The van der Waals surface area contributed by atoms with Gasteiger partial charge in [-0.05, 0) is 45.6 Å². The lowest BCUT2D eigenvalue weighted by Crippen LogP contribution is -2.04. The van der Waals surface area contributed by atoms with Crippen molar-refractivity contribution >= 4 is 45.2 Å². The van der Waals surface area contributed by atoms with E-state index in [9.17, 15) is 0 Å². The van der Waals surface area contributed by atoms with E-state index in [1.165, 1.54) is 23.3 Å². The molecule has 5 nitrogen and oxygen atoms in total. The first-order valence-electron chi connectivity index (χ1n) is 5.99. The zero-order valence-corrected chi connectivity index (χ0v) is 13.9. The summed E-state index contributed by atoms with van der Waals surface area (Å²) in [6.07, 6.45) is 3.65. The molecule has 0 aromatic carbocycles. The Labute approximate surface area is 129 Å². The lowest BCUT2D eigenvalue weighted by Gasteiger charge is -2.05. The van der Waals surface area contributed by atoms with Gasteiger partial charge in [0.1, 0.15) is 10.9 Å². The maximum absolute atomic E-state index is 4.47. The van der Waals surface area contributed by atoms with Crippen LogP contribution in [0.15, 0.2) is 20.0 Å². The summed E-state index contributed by atoms with van der Waals surface area (Å²) in [6.45, 7) is 5.02. The van der Waals surface area contributed by atoms with Crippen LogP contribution in [0.4, 0.5) is 5.95 Å². The third kappa shape index (κ3) is 4.12. The lowest BCUT2D eigenvalue weighted by molar-refractivity contribution is 0.929. The van der Waals surface area contributed by atoms with E-state index in [-0.39, 0.29) is 0 Å². The average Bonchev–Trinajstić information content (AvgIpc) is 2.87. The van der Waals surface area contributed by atoms with Crippen LogP contribution < -0.4 is 5.32 Å². The van der Waals surface area contributed by atoms with Gasteiger partial charge < -0.3 is 5.32 Å². The minimum Gasteiger partial charge on any atom is -0.354 e. The van der Waals surface area contributed by atoms with E-state index < -0.39 is 0 Å². The topological polar surface area (TPSA) is 63.6 Å². The number of rotatable bonds is 6. The highest BCUT2D eigenvalue weighted by molar-refractivity contribution is 9.10. The highest BCUT2D eigenvalue weighted by atomic mass is 79.9. The Morgan fingerprint density at radius 2 is 2.21 bits per heavy atom. The van der Waals surface area contributed by atoms with Crippen molar-refractivity contribution in [3.8, 4) is 0 Å². The third-order valence-corrected chi connectivity index (χ3v) is 4.83. The predicted molar refractivity (Wildman–Crippen MR) is 81.9 cm³/mol. The van der Waals surface area contributed by atoms with Gasteiger partial charge in [-0.25, -0.2) is 15.0 Å². The van der Waals surface area contributed by atoms with Crippen molar-refractivity contribution in [2.75, 3.05) is 11.9 Å². The molecular weight excluding hydrogens is 346 g/mol. The number of anilines is 1. The minimum atomic E-state index is 0.646. The Morgan fingerprint density at radius 1 is 1.37 bits per heavy atom. The maximum Gasteiger partial charge on any atom is 0.223 e. The lowest BCUT2D eigenvalue weighted by atomic mass is 10.5. The summed E-state index contributed by atoms with van der Waals surface area (Å²) in [6, 6.07) is 0. The van der Waals surface area contributed by atoms with Gasteiger partial charge in [0.05, 0.1) is 4.47 Å². The summed E-state index contributed by atoms with van der Waals surface area (Å²) in [5, 5.41) is 4.03. The first-order chi connectivity index (χ1) is 9.22. The highest BCUT2D eigenvalue weighted by Gasteiger charge is 2.10. The van der Waals surface area contributed by atoms with E-state index in [0.717, 1.165) is 39.0 Å². The second-order valence-electron chi connectivity index (χ2n) is 3.71. The molecule has 0 bridgehead atoms. The Bertz CT molecular complexity index is 546. The smallest absolute Gasteiger partial charge is 0.223 e. The summed E-state index contributed by atoms with van der Waals surface area (Å²) in [7, 11) is 0. The molecule has 0 atom stereocenters. The summed E-state index contributed by atoms with van der Waals surface area (Å²) < 4.78 is 6.04. The Morgan fingerprint density at radius 3 is 2.89 bits per heavy atom. The van der Waals surface area contributed by atoms with E-state index in [2.05, 4.69) is 47.5 Å². The van der Waals surface area contributed by atoms with Crippen molar-refractivity contribution in [1.82, 2.24) is 19.3 Å². The molecule has 2 heterocycles. The highest BCUT2D eigenvalue weighted by Crippen LogP contribution is 2.33. The van der Waals surface area contributed by atoms with E-state index in [0.29, 0.717) is 5.95 Å². The quantitative estimate of drug-likeness (QED) is 0.794. The molecule has 1 N–H and O–H groups in total. The van der Waals surface area contributed by atoms with Crippen LogP contribution in [-0.2, 0) is 6.42 Å². The van der Waals surface area contributed by atoms with E-state index in [1.807, 2.05) is 6.92 Å². The second-order valence-corrected chi connectivity index (χ2v) is 6.55. The van der Waals surface area contributed by atoms with Crippen LogP contribution >= 0.6 is 39.2 Å². The molecule has 0 aliphatic carbocycles. The van der Waals surface area contributed by atoms with Crippen molar-refractivity contribution in [2.45, 2.75) is 36.1 Å². The number of hydrogen-bond donors (Lipinski definition) is 1. The SMILES string of the molecule is CCCNc1ncc(Br)c(Sc2nc(CC)ns2)n1. The van der Waals surface area contributed by atoms with Crippen LogP contribution in [0.2, 0.25) is 0 Å². The van der Waals surface area contributed by atoms with Gasteiger partial charge in [0.25, 0.3) is 0 Å². The summed E-state index contributed by atoms with van der Waals surface area (Å²) >= 11 is 6.37. The molecule has 0 radical (unpaired) electrons. The van der Waals surface area contributed by atoms with Crippen LogP contribution in [0, 0.1) is 0 Å². The van der Waals surface area contributed by atoms with Gasteiger partial charge in [0.2, 0.25) is 5.95 Å². The third-order valence-electron chi connectivity index (χ3n) is 2.19. The summed E-state index contributed by atoms with van der Waals surface area (Å²) in [5.74, 6) is 1.52. The van der Waals surface area contributed by atoms with Crippen LogP contribution in [0.25, 0.3) is 0 Å². The fraction of sp³-hybridized carbons (Fsp3) is 0.455. The number of nitrogens with one attached hydrogen (secondary N) is 1. The Balaban J connectivity index is 2.13. The van der Waals surface area contributed by atoms with Crippen LogP contribution in [0.3, 0.4) is 0 Å². The molecule has 19 heavy (non-hydrogen) atoms. The van der Waals surface area contributed by atoms with Crippen LogP contribution in [-0.4, -0.2) is 25.9 Å². The largest absolute Gasteiger partial charge is 0.354 e. The van der Waals surface area contributed by atoms with Crippen molar-refractivity contribution in [3.63, 3.8) is 0 Å². The molecule has 0 aliphatic heterocycles. The van der Waals surface area contributed by atoms with Gasteiger partial charge in [-0.3, -0.25) is 0 Å². The predicted octanol–water partition coefficient (Wildman–Crippen LogP) is 3.63. The van der Waals surface area contributed by atoms with Crippen molar-refractivity contribution < 1.29 is 0 Å². The van der Waals surface area contributed by atoms with Crippen molar-refractivity contribution in [1.29, 1.82) is 0 Å². The fourth-order valence-electron chi connectivity index (χ4n) is 1.25. The molecule has 2 rings (SSSR count). The van der Waals surface area contributed by atoms with Crippen molar-refractivity contribution in [2.24, 2.45) is 0 Å². The average molecular weight is 360 g/mol. The monoisotopic (exact) mass is 359 g/mol. The molecule has 0 amide bonds. The van der Waals surface area contributed by atoms with Gasteiger partial charge in [-0.1, -0.05) is 13.8 Å². The Hall–Kier alpha value is -0.730. The van der Waals surface area contributed by atoms with E-state index in [1.54, 1.807) is 6.20 Å². The molecule has 0 spiro atoms. The second kappa shape index (κ2) is 7.16. The standard InChI is InChI=1S/C11H14BrN5S2/c1-3-5-13-10-14-6-7(12)9(16-10)18-11-15-8(4-2)17-19-11/h6H,3-5H2,1-2H3,(H,13,14,16). The first kappa shape index (κ1) is 14.7. The van der Waals surface area contributed by atoms with Crippen LogP contribution in [0.5, 0.6) is 0 Å². The number of aromatic nitrogens is 4. The molecule has 0 aliphatic rings. The molecule has 8 heteroatoms. The Kier molecular flexibility index (Phi) is 5.53. The molecule has 0 saturated carbocycles.